The minimum absolute atomic E-state index is 0.0172. The van der Waals surface area contributed by atoms with Gasteiger partial charge in [0.2, 0.25) is 5.91 Å². The van der Waals surface area contributed by atoms with Crippen LogP contribution in [0.25, 0.3) is 0 Å². The average molecular weight is 336 g/mol. The molecule has 7 heteroatoms. The normalized spacial score (nSPS) is 24.4. The first kappa shape index (κ1) is 15.3. The predicted molar refractivity (Wildman–Crippen MR) is 87.7 cm³/mol. The molecular formula is C15H16N2O3S2. The fourth-order valence-electron chi connectivity index (χ4n) is 2.59. The van der Waals surface area contributed by atoms with E-state index in [2.05, 4.69) is 4.99 Å². The van der Waals surface area contributed by atoms with E-state index in [1.165, 1.54) is 23.1 Å². The minimum Gasteiger partial charge on any atom is -0.463 e. The lowest BCUT2D eigenvalue weighted by Crippen LogP contribution is -2.40. The van der Waals surface area contributed by atoms with Crippen molar-refractivity contribution in [3.8, 4) is 0 Å². The Kier molecular flexibility index (Phi) is 4.10. The lowest BCUT2D eigenvalue weighted by Gasteiger charge is -2.31. The SMILES string of the molecule is CCOC(=O)C1=C(C)N=C2S[C@H](C)C(=O)N2[C@H]1c1cccs1. The van der Waals surface area contributed by atoms with E-state index in [1.807, 2.05) is 24.4 Å². The van der Waals surface area contributed by atoms with Gasteiger partial charge in [-0.05, 0) is 32.2 Å². The molecule has 3 rings (SSSR count). The van der Waals surface area contributed by atoms with E-state index in [0.29, 0.717) is 23.0 Å². The Morgan fingerprint density at radius 1 is 1.50 bits per heavy atom. The van der Waals surface area contributed by atoms with Crippen LogP contribution in [0.1, 0.15) is 31.7 Å². The number of allylic oxidation sites excluding steroid dienone is 1. The van der Waals surface area contributed by atoms with Crippen molar-refractivity contribution in [1.82, 2.24) is 4.90 Å². The number of esters is 1. The summed E-state index contributed by atoms with van der Waals surface area (Å²) in [4.78, 5) is 32.0. The van der Waals surface area contributed by atoms with Gasteiger partial charge in [0.15, 0.2) is 5.17 Å². The first-order chi connectivity index (χ1) is 10.5. The maximum Gasteiger partial charge on any atom is 0.338 e. The number of hydrogen-bond acceptors (Lipinski definition) is 6. The van der Waals surface area contributed by atoms with Crippen LogP contribution in [-0.4, -0.2) is 33.8 Å². The molecule has 1 amide bonds. The van der Waals surface area contributed by atoms with Gasteiger partial charge in [-0.1, -0.05) is 17.8 Å². The molecule has 0 N–H and O–H groups in total. The number of amidine groups is 1. The molecule has 1 aromatic heterocycles. The topological polar surface area (TPSA) is 59.0 Å². The molecule has 0 saturated carbocycles. The largest absolute Gasteiger partial charge is 0.463 e. The molecule has 0 radical (unpaired) electrons. The van der Waals surface area contributed by atoms with Gasteiger partial charge < -0.3 is 4.74 Å². The second-order valence-corrected chi connectivity index (χ2v) is 7.29. The maximum absolute atomic E-state index is 12.5. The van der Waals surface area contributed by atoms with E-state index in [9.17, 15) is 9.59 Å². The summed E-state index contributed by atoms with van der Waals surface area (Å²) in [6.07, 6.45) is 0. The Hall–Kier alpha value is -1.60. The van der Waals surface area contributed by atoms with Gasteiger partial charge in [0.05, 0.1) is 23.1 Å². The van der Waals surface area contributed by atoms with Gasteiger partial charge >= 0.3 is 5.97 Å². The quantitative estimate of drug-likeness (QED) is 0.796. The number of thioether (sulfide) groups is 1. The van der Waals surface area contributed by atoms with E-state index >= 15 is 0 Å². The number of amides is 1. The van der Waals surface area contributed by atoms with Gasteiger partial charge in [-0.3, -0.25) is 9.69 Å². The number of aliphatic imine (C=N–C) groups is 1. The van der Waals surface area contributed by atoms with Crippen molar-refractivity contribution in [2.75, 3.05) is 6.61 Å². The molecule has 116 valence electrons. The van der Waals surface area contributed by atoms with E-state index in [-0.39, 0.29) is 11.2 Å². The zero-order valence-electron chi connectivity index (χ0n) is 12.5. The monoisotopic (exact) mass is 336 g/mol. The summed E-state index contributed by atoms with van der Waals surface area (Å²) in [5.74, 6) is -0.421. The number of thiophene rings is 1. The van der Waals surface area contributed by atoms with Crippen LogP contribution in [0.5, 0.6) is 0 Å². The van der Waals surface area contributed by atoms with Crippen LogP contribution >= 0.6 is 23.1 Å². The molecule has 0 aliphatic carbocycles. The molecular weight excluding hydrogens is 320 g/mol. The highest BCUT2D eigenvalue weighted by molar-refractivity contribution is 8.15. The highest BCUT2D eigenvalue weighted by Gasteiger charge is 2.46. The van der Waals surface area contributed by atoms with Crippen molar-refractivity contribution < 1.29 is 14.3 Å². The summed E-state index contributed by atoms with van der Waals surface area (Å²) in [5, 5.41) is 2.42. The third-order valence-corrected chi connectivity index (χ3v) is 5.54. The molecule has 2 aliphatic heterocycles. The van der Waals surface area contributed by atoms with Crippen molar-refractivity contribution in [2.45, 2.75) is 32.1 Å². The smallest absolute Gasteiger partial charge is 0.338 e. The molecule has 2 atom stereocenters. The minimum atomic E-state index is -0.434. The molecule has 0 unspecified atom stereocenters. The Bertz CT molecular complexity index is 679. The average Bonchev–Trinajstić information content (AvgIpc) is 3.07. The lowest BCUT2D eigenvalue weighted by molar-refractivity contribution is -0.139. The highest BCUT2D eigenvalue weighted by Crippen LogP contribution is 2.44. The summed E-state index contributed by atoms with van der Waals surface area (Å²) in [5.41, 5.74) is 1.08. The standard InChI is InChI=1S/C15H16N2O3S2/c1-4-20-14(19)11-8(2)16-15-17(13(18)9(3)22-15)12(11)10-6-5-7-21-10/h5-7,9,12H,4H2,1-3H3/t9-,12+/m1/s1. The molecule has 2 aliphatic rings. The molecule has 22 heavy (non-hydrogen) atoms. The number of nitrogens with zero attached hydrogens (tertiary/aromatic N) is 2. The van der Waals surface area contributed by atoms with Crippen molar-refractivity contribution in [3.63, 3.8) is 0 Å². The third kappa shape index (κ3) is 2.38. The number of rotatable bonds is 3. The van der Waals surface area contributed by atoms with Crippen LogP contribution in [-0.2, 0) is 14.3 Å². The summed E-state index contributed by atoms with van der Waals surface area (Å²) in [6.45, 7) is 5.72. The van der Waals surface area contributed by atoms with E-state index in [4.69, 9.17) is 4.74 Å². The molecule has 0 aromatic carbocycles. The molecule has 0 spiro atoms. The number of ether oxygens (including phenoxy) is 1. The second kappa shape index (κ2) is 5.89. The van der Waals surface area contributed by atoms with Crippen LogP contribution in [0, 0.1) is 0 Å². The van der Waals surface area contributed by atoms with Gasteiger partial charge in [0.25, 0.3) is 0 Å². The Balaban J connectivity index is 2.12. The number of carbonyl (C=O) groups excluding carboxylic acids is 2. The van der Waals surface area contributed by atoms with E-state index in [0.717, 1.165) is 4.88 Å². The highest BCUT2D eigenvalue weighted by atomic mass is 32.2. The van der Waals surface area contributed by atoms with Gasteiger partial charge in [-0.15, -0.1) is 11.3 Å². The number of fused-ring (bicyclic) bond motifs is 1. The second-order valence-electron chi connectivity index (χ2n) is 5.00. The Morgan fingerprint density at radius 2 is 2.27 bits per heavy atom. The maximum atomic E-state index is 12.5. The Morgan fingerprint density at radius 3 is 2.91 bits per heavy atom. The summed E-state index contributed by atoms with van der Waals surface area (Å²) >= 11 is 2.96. The molecule has 0 bridgehead atoms. The van der Waals surface area contributed by atoms with Crippen LogP contribution < -0.4 is 0 Å². The van der Waals surface area contributed by atoms with Crippen LogP contribution in [0.15, 0.2) is 33.8 Å². The fourth-order valence-corrected chi connectivity index (χ4v) is 4.44. The first-order valence-electron chi connectivity index (χ1n) is 7.04. The molecule has 3 heterocycles. The first-order valence-corrected chi connectivity index (χ1v) is 8.80. The van der Waals surface area contributed by atoms with Gasteiger partial charge in [0, 0.05) is 4.88 Å². The predicted octanol–water partition coefficient (Wildman–Crippen LogP) is 2.96. The zero-order chi connectivity index (χ0) is 15.9. The van der Waals surface area contributed by atoms with Crippen molar-refractivity contribution >= 4 is 40.1 Å². The summed E-state index contributed by atoms with van der Waals surface area (Å²) < 4.78 is 5.18. The Labute approximate surface area is 137 Å². The molecule has 1 aromatic rings. The van der Waals surface area contributed by atoms with Crippen LogP contribution in [0.2, 0.25) is 0 Å². The number of carbonyl (C=O) groups is 2. The number of hydrogen-bond donors (Lipinski definition) is 0. The van der Waals surface area contributed by atoms with Crippen molar-refractivity contribution in [2.24, 2.45) is 4.99 Å². The molecule has 1 fully saturated rings. The summed E-state index contributed by atoms with van der Waals surface area (Å²) in [6, 6.07) is 3.42. The molecule has 5 nitrogen and oxygen atoms in total. The lowest BCUT2D eigenvalue weighted by atomic mass is 10.0. The van der Waals surface area contributed by atoms with Crippen molar-refractivity contribution in [1.29, 1.82) is 0 Å². The third-order valence-electron chi connectivity index (χ3n) is 3.57. The summed E-state index contributed by atoms with van der Waals surface area (Å²) in [7, 11) is 0. The zero-order valence-corrected chi connectivity index (χ0v) is 14.2. The van der Waals surface area contributed by atoms with Gasteiger partial charge in [-0.25, -0.2) is 9.79 Å². The molecule has 1 saturated heterocycles. The fraction of sp³-hybridized carbons (Fsp3) is 0.400. The van der Waals surface area contributed by atoms with Gasteiger partial charge in [-0.2, -0.15) is 0 Å². The van der Waals surface area contributed by atoms with Gasteiger partial charge in [0.1, 0.15) is 6.04 Å². The van der Waals surface area contributed by atoms with E-state index in [1.54, 1.807) is 18.7 Å². The van der Waals surface area contributed by atoms with Crippen LogP contribution in [0.3, 0.4) is 0 Å². The van der Waals surface area contributed by atoms with Crippen molar-refractivity contribution in [3.05, 3.63) is 33.7 Å². The van der Waals surface area contributed by atoms with E-state index < -0.39 is 12.0 Å². The van der Waals surface area contributed by atoms with Crippen LogP contribution in [0.4, 0.5) is 0 Å².